The summed E-state index contributed by atoms with van der Waals surface area (Å²) in [5.74, 6) is -2.04. The fraction of sp³-hybridized carbons (Fsp3) is 0.222. The van der Waals surface area contributed by atoms with Crippen LogP contribution in [0.5, 0.6) is 5.75 Å². The van der Waals surface area contributed by atoms with Gasteiger partial charge in [-0.15, -0.1) is 0 Å². The molecule has 14 heavy (non-hydrogen) atoms. The van der Waals surface area contributed by atoms with Gasteiger partial charge in [0, 0.05) is 6.07 Å². The van der Waals surface area contributed by atoms with Crippen LogP contribution in [0.2, 0.25) is 0 Å². The number of nitrogen functional groups attached to an aromatic ring is 1. The van der Waals surface area contributed by atoms with E-state index in [2.05, 4.69) is 4.74 Å². The number of halogens is 1. The molecule has 3 N–H and O–H groups in total. The second-order valence-corrected chi connectivity index (χ2v) is 2.61. The van der Waals surface area contributed by atoms with Gasteiger partial charge in [-0.1, -0.05) is 0 Å². The summed E-state index contributed by atoms with van der Waals surface area (Å²) < 4.78 is 17.7. The molecule has 0 bridgehead atoms. The third-order valence-corrected chi connectivity index (χ3v) is 1.61. The molecule has 1 rings (SSSR count). The smallest absolute Gasteiger partial charge is 0.341 e. The van der Waals surface area contributed by atoms with Crippen LogP contribution < -0.4 is 5.73 Å². The van der Waals surface area contributed by atoms with Crippen LogP contribution in [0.15, 0.2) is 12.1 Å². The molecule has 0 fully saturated rings. The average molecular weight is 199 g/mol. The zero-order valence-corrected chi connectivity index (χ0v) is 7.58. The first kappa shape index (κ1) is 10.3. The van der Waals surface area contributed by atoms with Gasteiger partial charge in [0.05, 0.1) is 17.9 Å². The van der Waals surface area contributed by atoms with Crippen molar-refractivity contribution in [2.75, 3.05) is 12.3 Å². The maximum absolute atomic E-state index is 13.1. The first-order valence-electron chi connectivity index (χ1n) is 4.01. The van der Waals surface area contributed by atoms with Gasteiger partial charge in [-0.2, -0.15) is 0 Å². The highest BCUT2D eigenvalue weighted by Crippen LogP contribution is 2.23. The molecule has 0 amide bonds. The largest absolute Gasteiger partial charge is 0.506 e. The number of hydrogen-bond acceptors (Lipinski definition) is 4. The minimum atomic E-state index is -0.852. The lowest BCUT2D eigenvalue weighted by Crippen LogP contribution is -2.07. The molecule has 1 aromatic carbocycles. The monoisotopic (exact) mass is 199 g/mol. The molecule has 76 valence electrons. The van der Waals surface area contributed by atoms with Crippen molar-refractivity contribution in [1.82, 2.24) is 0 Å². The van der Waals surface area contributed by atoms with Crippen LogP contribution in [-0.2, 0) is 4.74 Å². The highest BCUT2D eigenvalue weighted by Gasteiger charge is 2.15. The molecule has 0 radical (unpaired) electrons. The van der Waals surface area contributed by atoms with Crippen LogP contribution in [0.3, 0.4) is 0 Å². The molecule has 0 aromatic heterocycles. The van der Waals surface area contributed by atoms with Crippen molar-refractivity contribution in [2.45, 2.75) is 6.92 Å². The van der Waals surface area contributed by atoms with E-state index in [1.54, 1.807) is 6.92 Å². The second-order valence-electron chi connectivity index (χ2n) is 2.61. The summed E-state index contributed by atoms with van der Waals surface area (Å²) >= 11 is 0. The Morgan fingerprint density at radius 2 is 2.29 bits per heavy atom. The quantitative estimate of drug-likeness (QED) is 0.427. The van der Waals surface area contributed by atoms with Crippen molar-refractivity contribution >= 4 is 11.7 Å². The molecular weight excluding hydrogens is 189 g/mol. The number of benzene rings is 1. The van der Waals surface area contributed by atoms with Crippen molar-refractivity contribution < 1.29 is 19.0 Å². The first-order chi connectivity index (χ1) is 6.56. The molecule has 0 atom stereocenters. The fourth-order valence-electron chi connectivity index (χ4n) is 0.945. The van der Waals surface area contributed by atoms with Crippen LogP contribution in [0.4, 0.5) is 10.1 Å². The standard InChI is InChI=1S/C9H10FNO3/c1-2-14-9(13)5-3-7(11)8(12)4-6(5)10/h3-4,12H,2,11H2,1H3. The molecule has 0 aliphatic heterocycles. The summed E-state index contributed by atoms with van der Waals surface area (Å²) in [6, 6.07) is 1.82. The third kappa shape index (κ3) is 1.93. The number of ether oxygens (including phenoxy) is 1. The maximum atomic E-state index is 13.1. The Kier molecular flexibility index (Phi) is 2.91. The van der Waals surface area contributed by atoms with Crippen molar-refractivity contribution in [2.24, 2.45) is 0 Å². The van der Waals surface area contributed by atoms with E-state index < -0.39 is 17.5 Å². The van der Waals surface area contributed by atoms with Gasteiger partial charge in [-0.05, 0) is 13.0 Å². The van der Waals surface area contributed by atoms with Crippen molar-refractivity contribution in [3.05, 3.63) is 23.5 Å². The highest BCUT2D eigenvalue weighted by atomic mass is 19.1. The molecule has 0 aliphatic rings. The fourth-order valence-corrected chi connectivity index (χ4v) is 0.945. The summed E-state index contributed by atoms with van der Waals surface area (Å²) in [7, 11) is 0. The zero-order valence-electron chi connectivity index (χ0n) is 7.58. The predicted octanol–water partition coefficient (Wildman–Crippen LogP) is 1.29. The van der Waals surface area contributed by atoms with Gasteiger partial charge in [-0.3, -0.25) is 0 Å². The van der Waals surface area contributed by atoms with Crippen molar-refractivity contribution in [3.8, 4) is 5.75 Å². The minimum Gasteiger partial charge on any atom is -0.506 e. The number of carbonyl (C=O) groups excluding carboxylic acids is 1. The average Bonchev–Trinajstić information content (AvgIpc) is 2.11. The summed E-state index contributed by atoms with van der Waals surface area (Å²) in [4.78, 5) is 11.1. The van der Waals surface area contributed by atoms with E-state index >= 15 is 0 Å². The molecule has 0 aliphatic carbocycles. The Hall–Kier alpha value is -1.78. The number of aromatic hydroxyl groups is 1. The Bertz CT molecular complexity index is 365. The molecule has 0 spiro atoms. The summed E-state index contributed by atoms with van der Waals surface area (Å²) in [6.45, 7) is 1.76. The predicted molar refractivity (Wildman–Crippen MR) is 48.4 cm³/mol. The normalized spacial score (nSPS) is 9.86. The number of rotatable bonds is 2. The van der Waals surface area contributed by atoms with Crippen LogP contribution in [0, 0.1) is 5.82 Å². The highest BCUT2D eigenvalue weighted by molar-refractivity contribution is 5.91. The molecule has 5 heteroatoms. The number of phenolic OH excluding ortho intramolecular Hbond substituents is 1. The Morgan fingerprint density at radius 1 is 1.64 bits per heavy atom. The van der Waals surface area contributed by atoms with Crippen LogP contribution >= 0.6 is 0 Å². The van der Waals surface area contributed by atoms with E-state index in [1.807, 2.05) is 0 Å². The lowest BCUT2D eigenvalue weighted by Gasteiger charge is -2.05. The number of nitrogens with two attached hydrogens (primary N) is 1. The number of hydrogen-bond donors (Lipinski definition) is 2. The lowest BCUT2D eigenvalue weighted by molar-refractivity contribution is 0.0521. The van der Waals surface area contributed by atoms with Crippen molar-refractivity contribution in [3.63, 3.8) is 0 Å². The van der Waals surface area contributed by atoms with E-state index in [0.29, 0.717) is 0 Å². The topological polar surface area (TPSA) is 72.5 Å². The van der Waals surface area contributed by atoms with Gasteiger partial charge in [0.2, 0.25) is 0 Å². The number of esters is 1. The summed E-state index contributed by atoms with van der Waals surface area (Å²) in [5, 5.41) is 9.02. The van der Waals surface area contributed by atoms with Crippen LogP contribution in [-0.4, -0.2) is 17.7 Å². The number of phenols is 1. The van der Waals surface area contributed by atoms with E-state index in [-0.39, 0.29) is 17.9 Å². The van der Waals surface area contributed by atoms with Gasteiger partial charge >= 0.3 is 5.97 Å². The van der Waals surface area contributed by atoms with Gasteiger partial charge in [0.25, 0.3) is 0 Å². The van der Waals surface area contributed by atoms with Gasteiger partial charge in [-0.25, -0.2) is 9.18 Å². The van der Waals surface area contributed by atoms with E-state index in [9.17, 15) is 9.18 Å². The van der Waals surface area contributed by atoms with Gasteiger partial charge in [0.15, 0.2) is 0 Å². The summed E-state index contributed by atoms with van der Waals surface area (Å²) in [5.41, 5.74) is 4.96. The van der Waals surface area contributed by atoms with Crippen LogP contribution in [0.1, 0.15) is 17.3 Å². The molecule has 0 heterocycles. The van der Waals surface area contributed by atoms with E-state index in [1.165, 1.54) is 0 Å². The minimum absolute atomic E-state index is 0.0607. The molecule has 0 unspecified atom stereocenters. The third-order valence-electron chi connectivity index (χ3n) is 1.61. The van der Waals surface area contributed by atoms with Gasteiger partial charge in [0.1, 0.15) is 11.6 Å². The zero-order chi connectivity index (χ0) is 10.7. The van der Waals surface area contributed by atoms with E-state index in [0.717, 1.165) is 12.1 Å². The number of carbonyl (C=O) groups is 1. The Labute approximate surface area is 80.1 Å². The SMILES string of the molecule is CCOC(=O)c1cc(N)c(O)cc1F. The molecule has 4 nitrogen and oxygen atoms in total. The molecule has 0 saturated carbocycles. The molecule has 1 aromatic rings. The molecular formula is C9H10FNO3. The van der Waals surface area contributed by atoms with Gasteiger partial charge < -0.3 is 15.6 Å². The van der Waals surface area contributed by atoms with Crippen LogP contribution in [0.25, 0.3) is 0 Å². The Morgan fingerprint density at radius 3 is 2.86 bits per heavy atom. The van der Waals surface area contributed by atoms with Crippen molar-refractivity contribution in [1.29, 1.82) is 0 Å². The van der Waals surface area contributed by atoms with E-state index in [4.69, 9.17) is 10.8 Å². The number of anilines is 1. The Balaban J connectivity index is 3.09. The molecule has 0 saturated heterocycles. The summed E-state index contributed by atoms with van der Waals surface area (Å²) in [6.07, 6.45) is 0. The maximum Gasteiger partial charge on any atom is 0.341 e. The second kappa shape index (κ2) is 3.95. The first-order valence-corrected chi connectivity index (χ1v) is 4.01. The lowest BCUT2D eigenvalue weighted by atomic mass is 10.2.